The van der Waals surface area contributed by atoms with E-state index in [0.717, 1.165) is 0 Å². The van der Waals surface area contributed by atoms with E-state index < -0.39 is 4.92 Å². The van der Waals surface area contributed by atoms with E-state index in [0.29, 0.717) is 24.5 Å². The highest BCUT2D eigenvalue weighted by atomic mass is 16.6. The van der Waals surface area contributed by atoms with E-state index in [4.69, 9.17) is 0 Å². The van der Waals surface area contributed by atoms with Crippen LogP contribution in [0, 0.1) is 17.0 Å². The van der Waals surface area contributed by atoms with E-state index in [-0.39, 0.29) is 11.7 Å². The van der Waals surface area contributed by atoms with Gasteiger partial charge in [0.1, 0.15) is 12.7 Å². The summed E-state index contributed by atoms with van der Waals surface area (Å²) in [6, 6.07) is 8.80. The number of nitro groups is 1. The van der Waals surface area contributed by atoms with Crippen LogP contribution in [0.5, 0.6) is 0 Å². The van der Waals surface area contributed by atoms with Crippen molar-refractivity contribution in [3.8, 4) is 0 Å². The summed E-state index contributed by atoms with van der Waals surface area (Å²) in [5, 5.41) is 13.5. The SMILES string of the molecule is Cc1ncc([N+](=O)[O-])n1CCNC(=O)c1ccccc1. The molecule has 0 fully saturated rings. The molecule has 104 valence electrons. The van der Waals surface area contributed by atoms with E-state index in [1.165, 1.54) is 10.8 Å². The second-order valence-electron chi connectivity index (χ2n) is 4.19. The molecule has 1 amide bonds. The fourth-order valence-electron chi connectivity index (χ4n) is 1.85. The van der Waals surface area contributed by atoms with E-state index in [2.05, 4.69) is 10.3 Å². The van der Waals surface area contributed by atoms with E-state index in [9.17, 15) is 14.9 Å². The molecule has 0 radical (unpaired) electrons. The second-order valence-corrected chi connectivity index (χ2v) is 4.19. The van der Waals surface area contributed by atoms with Crippen LogP contribution >= 0.6 is 0 Å². The van der Waals surface area contributed by atoms with Gasteiger partial charge >= 0.3 is 5.82 Å². The van der Waals surface area contributed by atoms with Crippen LogP contribution in [0.1, 0.15) is 16.2 Å². The van der Waals surface area contributed by atoms with Gasteiger partial charge in [0, 0.05) is 12.5 Å². The standard InChI is InChI=1S/C13H14N4O3/c1-10-15-9-12(17(19)20)16(10)8-7-14-13(18)11-5-3-2-4-6-11/h2-6,9H,7-8H2,1H3,(H,14,18). The van der Waals surface area contributed by atoms with Gasteiger partial charge in [0.25, 0.3) is 5.91 Å². The molecule has 1 aromatic carbocycles. The Kier molecular flexibility index (Phi) is 4.09. The Labute approximate surface area is 115 Å². The first-order chi connectivity index (χ1) is 9.59. The maximum Gasteiger partial charge on any atom is 0.342 e. The molecule has 1 aromatic heterocycles. The number of nitrogens with zero attached hydrogens (tertiary/aromatic N) is 3. The third-order valence-corrected chi connectivity index (χ3v) is 2.88. The molecule has 0 atom stereocenters. The third-order valence-electron chi connectivity index (χ3n) is 2.88. The lowest BCUT2D eigenvalue weighted by molar-refractivity contribution is -0.392. The molecule has 0 bridgehead atoms. The molecule has 0 unspecified atom stereocenters. The predicted molar refractivity (Wildman–Crippen MR) is 72.4 cm³/mol. The average molecular weight is 274 g/mol. The van der Waals surface area contributed by atoms with Crippen molar-refractivity contribution in [1.82, 2.24) is 14.9 Å². The Hall–Kier alpha value is -2.70. The first-order valence-electron chi connectivity index (χ1n) is 6.09. The number of benzene rings is 1. The zero-order chi connectivity index (χ0) is 14.5. The third kappa shape index (κ3) is 3.00. The summed E-state index contributed by atoms with van der Waals surface area (Å²) in [4.78, 5) is 26.0. The largest absolute Gasteiger partial charge is 0.358 e. The summed E-state index contributed by atoms with van der Waals surface area (Å²) < 4.78 is 1.46. The Morgan fingerprint density at radius 1 is 1.40 bits per heavy atom. The summed E-state index contributed by atoms with van der Waals surface area (Å²) >= 11 is 0. The van der Waals surface area contributed by atoms with Gasteiger partial charge in [-0.3, -0.25) is 4.79 Å². The van der Waals surface area contributed by atoms with Crippen LogP contribution in [-0.4, -0.2) is 26.9 Å². The lowest BCUT2D eigenvalue weighted by Gasteiger charge is -2.05. The molecule has 0 saturated carbocycles. The van der Waals surface area contributed by atoms with Crippen molar-refractivity contribution in [3.05, 3.63) is 58.0 Å². The molecule has 2 rings (SSSR count). The number of nitrogens with one attached hydrogen (secondary N) is 1. The number of carbonyl (C=O) groups excluding carboxylic acids is 1. The molecule has 2 aromatic rings. The number of hydrogen-bond donors (Lipinski definition) is 1. The number of rotatable bonds is 5. The van der Waals surface area contributed by atoms with Crippen LogP contribution in [0.2, 0.25) is 0 Å². The predicted octanol–water partition coefficient (Wildman–Crippen LogP) is 1.53. The molecule has 20 heavy (non-hydrogen) atoms. The monoisotopic (exact) mass is 274 g/mol. The Morgan fingerprint density at radius 2 is 2.10 bits per heavy atom. The normalized spacial score (nSPS) is 10.2. The zero-order valence-electron chi connectivity index (χ0n) is 10.9. The number of imidazole rings is 1. The lowest BCUT2D eigenvalue weighted by atomic mass is 10.2. The minimum absolute atomic E-state index is 0.0727. The number of amides is 1. The summed E-state index contributed by atoms with van der Waals surface area (Å²) in [6.45, 7) is 2.29. The van der Waals surface area contributed by atoms with Gasteiger partial charge < -0.3 is 15.4 Å². The van der Waals surface area contributed by atoms with Gasteiger partial charge in [-0.25, -0.2) is 9.55 Å². The van der Waals surface area contributed by atoms with Crippen molar-refractivity contribution in [2.45, 2.75) is 13.5 Å². The van der Waals surface area contributed by atoms with Crippen molar-refractivity contribution in [1.29, 1.82) is 0 Å². The van der Waals surface area contributed by atoms with Crippen molar-refractivity contribution in [2.75, 3.05) is 6.54 Å². The Bertz CT molecular complexity index is 622. The van der Waals surface area contributed by atoms with E-state index in [1.54, 1.807) is 31.2 Å². The molecule has 7 nitrogen and oxygen atoms in total. The summed E-state index contributed by atoms with van der Waals surface area (Å²) in [6.07, 6.45) is 1.22. The van der Waals surface area contributed by atoms with E-state index >= 15 is 0 Å². The minimum atomic E-state index is -0.487. The van der Waals surface area contributed by atoms with Crippen molar-refractivity contribution in [2.24, 2.45) is 0 Å². The number of aryl methyl sites for hydroxylation is 1. The van der Waals surface area contributed by atoms with Crippen LogP contribution in [0.25, 0.3) is 0 Å². The quantitative estimate of drug-likeness (QED) is 0.661. The zero-order valence-corrected chi connectivity index (χ0v) is 10.9. The minimum Gasteiger partial charge on any atom is -0.358 e. The van der Waals surface area contributed by atoms with Gasteiger partial charge in [0.2, 0.25) is 0 Å². The first kappa shape index (κ1) is 13.7. The van der Waals surface area contributed by atoms with Crippen molar-refractivity contribution in [3.63, 3.8) is 0 Å². The summed E-state index contributed by atoms with van der Waals surface area (Å²) in [5.41, 5.74) is 0.560. The first-order valence-corrected chi connectivity index (χ1v) is 6.09. The van der Waals surface area contributed by atoms with Crippen LogP contribution in [0.3, 0.4) is 0 Å². The molecule has 7 heteroatoms. The van der Waals surface area contributed by atoms with Crippen LogP contribution in [0.15, 0.2) is 36.5 Å². The molecule has 0 spiro atoms. The van der Waals surface area contributed by atoms with Gasteiger partial charge in [-0.05, 0) is 17.1 Å². The van der Waals surface area contributed by atoms with Gasteiger partial charge in [0.15, 0.2) is 5.82 Å². The van der Waals surface area contributed by atoms with Gasteiger partial charge in [-0.15, -0.1) is 0 Å². The highest BCUT2D eigenvalue weighted by molar-refractivity contribution is 5.94. The van der Waals surface area contributed by atoms with E-state index in [1.807, 2.05) is 6.07 Å². The fourth-order valence-corrected chi connectivity index (χ4v) is 1.85. The van der Waals surface area contributed by atoms with Crippen LogP contribution in [0.4, 0.5) is 5.82 Å². The maximum atomic E-state index is 11.8. The van der Waals surface area contributed by atoms with Gasteiger partial charge in [0.05, 0.1) is 6.54 Å². The van der Waals surface area contributed by atoms with Gasteiger partial charge in [-0.1, -0.05) is 18.2 Å². The average Bonchev–Trinajstić information content (AvgIpc) is 2.81. The molecule has 0 aliphatic carbocycles. The fraction of sp³-hybridized carbons (Fsp3) is 0.231. The molecular weight excluding hydrogens is 260 g/mol. The summed E-state index contributed by atoms with van der Waals surface area (Å²) in [7, 11) is 0. The Morgan fingerprint density at radius 3 is 2.75 bits per heavy atom. The smallest absolute Gasteiger partial charge is 0.342 e. The van der Waals surface area contributed by atoms with Crippen molar-refractivity contribution >= 4 is 11.7 Å². The second kappa shape index (κ2) is 5.96. The van der Waals surface area contributed by atoms with Crippen molar-refractivity contribution < 1.29 is 9.72 Å². The highest BCUT2D eigenvalue weighted by Crippen LogP contribution is 2.12. The molecular formula is C13H14N4O3. The molecule has 0 aliphatic heterocycles. The molecule has 0 saturated heterocycles. The molecule has 1 N–H and O–H groups in total. The number of aromatic nitrogens is 2. The van der Waals surface area contributed by atoms with Crippen LogP contribution < -0.4 is 5.32 Å². The molecule has 0 aliphatic rings. The number of hydrogen-bond acceptors (Lipinski definition) is 4. The maximum absolute atomic E-state index is 11.8. The number of carbonyl (C=O) groups is 1. The topological polar surface area (TPSA) is 90.1 Å². The van der Waals surface area contributed by atoms with Crippen LogP contribution in [-0.2, 0) is 6.54 Å². The highest BCUT2D eigenvalue weighted by Gasteiger charge is 2.17. The van der Waals surface area contributed by atoms with Gasteiger partial charge in [-0.2, -0.15) is 0 Å². The summed E-state index contributed by atoms with van der Waals surface area (Å²) in [5.74, 6) is 0.271. The molecule has 1 heterocycles. The lowest BCUT2D eigenvalue weighted by Crippen LogP contribution is -2.27. The Balaban J connectivity index is 1.95.